The van der Waals surface area contributed by atoms with Crippen molar-refractivity contribution in [3.8, 4) is 0 Å². The molecule has 20 heavy (non-hydrogen) atoms. The van der Waals surface area contributed by atoms with Gasteiger partial charge in [-0.1, -0.05) is 38.0 Å². The van der Waals surface area contributed by atoms with Gasteiger partial charge in [0.1, 0.15) is 0 Å². The number of hydrogen-bond donors (Lipinski definition) is 1. The molecule has 0 aliphatic heterocycles. The third kappa shape index (κ3) is 9.96. The van der Waals surface area contributed by atoms with E-state index in [2.05, 4.69) is 45.2 Å². The second kappa shape index (κ2) is 11.9. The standard InChI is InChI=1S/C18H32FN/c1-6-17(11-7-9-15(2)3)16(4)10-8-12-18(19)13-14-20-5/h6,10,12,15,20H,7-9,11,13-14H2,1-5H3/b16-10-,17-6?,18-12+. The maximum absolute atomic E-state index is 13.4. The zero-order valence-corrected chi connectivity index (χ0v) is 13.9. The van der Waals surface area contributed by atoms with Crippen LogP contribution in [0.15, 0.2) is 35.2 Å². The van der Waals surface area contributed by atoms with Crippen LogP contribution >= 0.6 is 0 Å². The van der Waals surface area contributed by atoms with Crippen LogP contribution in [0, 0.1) is 5.92 Å². The van der Waals surface area contributed by atoms with Crippen LogP contribution in [0.25, 0.3) is 0 Å². The minimum atomic E-state index is -0.0229. The molecule has 2 heteroatoms. The van der Waals surface area contributed by atoms with E-state index >= 15 is 0 Å². The van der Waals surface area contributed by atoms with Gasteiger partial charge < -0.3 is 5.32 Å². The van der Waals surface area contributed by atoms with Gasteiger partial charge >= 0.3 is 0 Å². The van der Waals surface area contributed by atoms with Crippen molar-refractivity contribution < 1.29 is 4.39 Å². The molecule has 0 aromatic carbocycles. The average Bonchev–Trinajstić information content (AvgIpc) is 2.40. The molecule has 0 heterocycles. The molecule has 0 fully saturated rings. The summed E-state index contributed by atoms with van der Waals surface area (Å²) in [6.07, 6.45) is 10.8. The topological polar surface area (TPSA) is 12.0 Å². The van der Waals surface area contributed by atoms with Crippen LogP contribution in [-0.4, -0.2) is 13.6 Å². The Kier molecular flexibility index (Phi) is 11.4. The first-order valence-corrected chi connectivity index (χ1v) is 7.82. The average molecular weight is 281 g/mol. The van der Waals surface area contributed by atoms with Gasteiger partial charge in [0, 0.05) is 13.0 Å². The molecule has 0 rings (SSSR count). The van der Waals surface area contributed by atoms with Crippen molar-refractivity contribution in [2.24, 2.45) is 5.92 Å². The molecule has 0 saturated heterocycles. The van der Waals surface area contributed by atoms with Crippen LogP contribution in [0.5, 0.6) is 0 Å². The number of nitrogens with one attached hydrogen (secondary N) is 1. The van der Waals surface area contributed by atoms with Gasteiger partial charge in [-0.15, -0.1) is 0 Å². The first-order chi connectivity index (χ1) is 9.51. The van der Waals surface area contributed by atoms with Crippen molar-refractivity contribution in [1.82, 2.24) is 5.32 Å². The van der Waals surface area contributed by atoms with E-state index in [1.807, 2.05) is 7.05 Å². The maximum Gasteiger partial charge on any atom is 0.0975 e. The van der Waals surface area contributed by atoms with Gasteiger partial charge in [-0.3, -0.25) is 0 Å². The van der Waals surface area contributed by atoms with E-state index in [1.165, 1.54) is 24.0 Å². The summed E-state index contributed by atoms with van der Waals surface area (Å²) in [4.78, 5) is 0. The van der Waals surface area contributed by atoms with Crippen molar-refractivity contribution >= 4 is 0 Å². The van der Waals surface area contributed by atoms with Crippen LogP contribution in [-0.2, 0) is 0 Å². The van der Waals surface area contributed by atoms with Gasteiger partial charge in [0.25, 0.3) is 0 Å². The van der Waals surface area contributed by atoms with Gasteiger partial charge in [-0.2, -0.15) is 0 Å². The van der Waals surface area contributed by atoms with Crippen LogP contribution in [0.1, 0.15) is 59.8 Å². The molecule has 0 spiro atoms. The van der Waals surface area contributed by atoms with Crippen molar-refractivity contribution in [1.29, 1.82) is 0 Å². The molecule has 0 saturated carbocycles. The summed E-state index contributed by atoms with van der Waals surface area (Å²) in [7, 11) is 1.84. The predicted octanol–water partition coefficient (Wildman–Crippen LogP) is 5.56. The summed E-state index contributed by atoms with van der Waals surface area (Å²) in [5.41, 5.74) is 2.68. The van der Waals surface area contributed by atoms with E-state index in [0.29, 0.717) is 19.4 Å². The molecular weight excluding hydrogens is 249 g/mol. The fourth-order valence-electron chi connectivity index (χ4n) is 2.11. The minimum absolute atomic E-state index is 0.0229. The Morgan fingerprint density at radius 1 is 1.20 bits per heavy atom. The number of hydrogen-bond acceptors (Lipinski definition) is 1. The SMILES string of the molecule is CC=C(CCCC(C)C)/C(C)=C\C/C=C(/F)CCNC. The van der Waals surface area contributed by atoms with Crippen molar-refractivity contribution in [3.63, 3.8) is 0 Å². The molecule has 0 aliphatic carbocycles. The first-order valence-electron chi connectivity index (χ1n) is 7.82. The molecule has 0 atom stereocenters. The van der Waals surface area contributed by atoms with Crippen molar-refractivity contribution in [3.05, 3.63) is 35.2 Å². The third-order valence-electron chi connectivity index (χ3n) is 3.46. The van der Waals surface area contributed by atoms with Crippen LogP contribution < -0.4 is 5.32 Å². The highest BCUT2D eigenvalue weighted by atomic mass is 19.1. The second-order valence-electron chi connectivity index (χ2n) is 5.73. The van der Waals surface area contributed by atoms with Crippen molar-refractivity contribution in [2.75, 3.05) is 13.6 Å². The normalized spacial score (nSPS) is 14.2. The summed E-state index contributed by atoms with van der Waals surface area (Å²) in [5, 5.41) is 2.95. The van der Waals surface area contributed by atoms with E-state index in [0.717, 1.165) is 12.3 Å². The molecule has 0 unspecified atom stereocenters. The molecule has 0 aliphatic rings. The zero-order valence-electron chi connectivity index (χ0n) is 13.9. The number of allylic oxidation sites excluding steroid dienone is 5. The minimum Gasteiger partial charge on any atom is -0.319 e. The van der Waals surface area contributed by atoms with Gasteiger partial charge in [0.05, 0.1) is 5.83 Å². The molecule has 1 N–H and O–H groups in total. The smallest absolute Gasteiger partial charge is 0.0975 e. The highest BCUT2D eigenvalue weighted by molar-refractivity contribution is 5.29. The summed E-state index contributed by atoms with van der Waals surface area (Å²) in [6, 6.07) is 0. The Labute approximate surface area is 125 Å². The van der Waals surface area contributed by atoms with Crippen LogP contribution in [0.3, 0.4) is 0 Å². The Morgan fingerprint density at radius 3 is 2.45 bits per heavy atom. The van der Waals surface area contributed by atoms with Gasteiger partial charge in [0.2, 0.25) is 0 Å². The molecule has 0 amide bonds. The third-order valence-corrected chi connectivity index (χ3v) is 3.46. The van der Waals surface area contributed by atoms with E-state index in [4.69, 9.17) is 0 Å². The van der Waals surface area contributed by atoms with E-state index < -0.39 is 0 Å². The Balaban J connectivity index is 4.25. The highest BCUT2D eigenvalue weighted by Gasteiger charge is 2.01. The molecule has 116 valence electrons. The summed E-state index contributed by atoms with van der Waals surface area (Å²) in [5.74, 6) is 0.742. The monoisotopic (exact) mass is 281 g/mol. The quantitative estimate of drug-likeness (QED) is 0.517. The molecule has 1 nitrogen and oxygen atoms in total. The lowest BCUT2D eigenvalue weighted by molar-refractivity contribution is 0.555. The number of rotatable bonds is 10. The lowest BCUT2D eigenvalue weighted by Crippen LogP contribution is -2.07. The molecule has 0 radical (unpaired) electrons. The highest BCUT2D eigenvalue weighted by Crippen LogP contribution is 2.19. The zero-order chi connectivity index (χ0) is 15.4. The van der Waals surface area contributed by atoms with E-state index in [1.54, 1.807) is 6.08 Å². The van der Waals surface area contributed by atoms with Gasteiger partial charge in [-0.25, -0.2) is 4.39 Å². The van der Waals surface area contributed by atoms with E-state index in [-0.39, 0.29) is 5.83 Å². The van der Waals surface area contributed by atoms with Crippen LogP contribution in [0.4, 0.5) is 4.39 Å². The molecular formula is C18H32FN. The van der Waals surface area contributed by atoms with Crippen LogP contribution in [0.2, 0.25) is 0 Å². The molecule has 0 aromatic heterocycles. The summed E-state index contributed by atoms with van der Waals surface area (Å²) in [6.45, 7) is 9.43. The second-order valence-corrected chi connectivity index (χ2v) is 5.73. The fraction of sp³-hybridized carbons (Fsp3) is 0.667. The summed E-state index contributed by atoms with van der Waals surface area (Å²) < 4.78 is 13.4. The Bertz CT molecular complexity index is 337. The van der Waals surface area contributed by atoms with E-state index in [9.17, 15) is 4.39 Å². The molecule has 0 bridgehead atoms. The van der Waals surface area contributed by atoms with Gasteiger partial charge in [-0.05, 0) is 57.7 Å². The molecule has 0 aromatic rings. The Hall–Kier alpha value is -0.890. The maximum atomic E-state index is 13.4. The lowest BCUT2D eigenvalue weighted by atomic mass is 9.97. The fourth-order valence-corrected chi connectivity index (χ4v) is 2.11. The van der Waals surface area contributed by atoms with Gasteiger partial charge in [0.15, 0.2) is 0 Å². The first kappa shape index (κ1) is 19.1. The number of halogens is 1. The summed E-state index contributed by atoms with van der Waals surface area (Å²) >= 11 is 0. The predicted molar refractivity (Wildman–Crippen MR) is 88.6 cm³/mol. The largest absolute Gasteiger partial charge is 0.319 e. The van der Waals surface area contributed by atoms with Crippen molar-refractivity contribution in [2.45, 2.75) is 59.8 Å². The lowest BCUT2D eigenvalue weighted by Gasteiger charge is -2.09. The Morgan fingerprint density at radius 2 is 1.90 bits per heavy atom.